The predicted octanol–water partition coefficient (Wildman–Crippen LogP) is 1.55. The number of hydrogen-bond acceptors (Lipinski definition) is 1. The van der Waals surface area contributed by atoms with Crippen LogP contribution in [-0.4, -0.2) is 43.2 Å². The van der Waals surface area contributed by atoms with Crippen molar-refractivity contribution in [1.29, 1.82) is 0 Å². The molecule has 0 aliphatic heterocycles. The molecule has 0 aliphatic rings. The molecule has 0 saturated heterocycles. The summed E-state index contributed by atoms with van der Waals surface area (Å²) in [4.78, 5) is 0. The predicted molar refractivity (Wildman–Crippen MR) is 90.4 cm³/mol. The Balaban J connectivity index is -0.00000144. The van der Waals surface area contributed by atoms with E-state index >= 15 is 0 Å². The van der Waals surface area contributed by atoms with Gasteiger partial charge in [0.2, 0.25) is 0 Å². The minimum Gasteiger partial charge on any atom is -1.00 e. The third-order valence-corrected chi connectivity index (χ3v) is 3.38. The van der Waals surface area contributed by atoms with Gasteiger partial charge >= 0.3 is 23.1 Å². The molecular formula is C15H28BrMgNOSi. The van der Waals surface area contributed by atoms with Gasteiger partial charge in [-0.3, -0.25) is 0 Å². The molecule has 0 aromatic heterocycles. The Kier molecular flexibility index (Phi) is 15.5. The van der Waals surface area contributed by atoms with Gasteiger partial charge in [-0.2, -0.15) is 5.71 Å². The van der Waals surface area contributed by atoms with E-state index in [0.717, 1.165) is 12.8 Å². The molecule has 0 heterocycles. The fourth-order valence-electron chi connectivity index (χ4n) is 1.55. The normalized spacial score (nSPS) is 12.8. The van der Waals surface area contributed by atoms with Crippen LogP contribution in [0.5, 0.6) is 0 Å². The van der Waals surface area contributed by atoms with Crippen molar-refractivity contribution in [3.63, 3.8) is 0 Å². The number of rotatable bonds is 7. The molecule has 1 atom stereocenters. The van der Waals surface area contributed by atoms with E-state index in [-0.39, 0.29) is 46.1 Å². The second-order valence-corrected chi connectivity index (χ2v) is 10.6. The van der Waals surface area contributed by atoms with E-state index in [1.54, 1.807) is 6.92 Å². The van der Waals surface area contributed by atoms with E-state index < -0.39 is 8.32 Å². The maximum atomic E-state index is 9.70. The zero-order chi connectivity index (χ0) is 14.3. The minimum atomic E-state index is -1.64. The zero-order valence-electron chi connectivity index (χ0n) is 14.1. The van der Waals surface area contributed by atoms with Crippen molar-refractivity contribution < 1.29 is 21.4 Å². The molecule has 112 valence electrons. The van der Waals surface area contributed by atoms with Gasteiger partial charge in [-0.15, -0.1) is 0 Å². The van der Waals surface area contributed by atoms with Crippen LogP contribution in [0.1, 0.15) is 40.5 Å². The van der Waals surface area contributed by atoms with Gasteiger partial charge < -0.3 is 26.8 Å². The number of hydrogen-bond donors (Lipinski definition) is 0. The Labute approximate surface area is 153 Å². The van der Waals surface area contributed by atoms with E-state index in [1.807, 2.05) is 6.08 Å². The monoisotopic (exact) mass is 369 g/mol. The zero-order valence-corrected chi connectivity index (χ0v) is 18.1. The van der Waals surface area contributed by atoms with Crippen LogP contribution in [-0.2, 0) is 4.43 Å². The second-order valence-electron chi connectivity index (χ2n) is 6.13. The van der Waals surface area contributed by atoms with Crippen LogP contribution >= 0.6 is 0 Å². The van der Waals surface area contributed by atoms with Gasteiger partial charge in [-0.25, -0.2) is 0 Å². The van der Waals surface area contributed by atoms with Gasteiger partial charge in [0, 0.05) is 0 Å². The molecule has 5 heteroatoms. The molecule has 0 bridgehead atoms. The summed E-state index contributed by atoms with van der Waals surface area (Å²) >= 11 is 0. The summed E-state index contributed by atoms with van der Waals surface area (Å²) in [7, 11) is -1.64. The Morgan fingerprint density at radius 3 is 2.00 bits per heavy atom. The third-order valence-electron chi connectivity index (χ3n) is 2.42. The van der Waals surface area contributed by atoms with E-state index in [9.17, 15) is 5.41 Å². The van der Waals surface area contributed by atoms with Gasteiger partial charge in [-0.05, 0) is 53.3 Å². The first-order valence-corrected chi connectivity index (χ1v) is 10.0. The van der Waals surface area contributed by atoms with Gasteiger partial charge in [0.25, 0.3) is 0 Å². The first kappa shape index (κ1) is 25.5. The summed E-state index contributed by atoms with van der Waals surface area (Å²) in [6, 6.07) is 0. The van der Waals surface area contributed by atoms with Crippen molar-refractivity contribution in [1.82, 2.24) is 0 Å². The molecule has 0 rings (SSSR count). The van der Waals surface area contributed by atoms with E-state index in [1.165, 1.54) is 11.1 Å². The van der Waals surface area contributed by atoms with Crippen LogP contribution < -0.4 is 17.0 Å². The maximum Gasteiger partial charge on any atom is 2.00 e. The summed E-state index contributed by atoms with van der Waals surface area (Å²) < 4.78 is 5.96. The molecule has 0 spiro atoms. The molecule has 20 heavy (non-hydrogen) atoms. The first-order chi connectivity index (χ1) is 8.11. The summed E-state index contributed by atoms with van der Waals surface area (Å²) in [6.45, 7) is 14.4. The van der Waals surface area contributed by atoms with Crippen molar-refractivity contribution in [3.05, 3.63) is 28.7 Å². The fourth-order valence-corrected chi connectivity index (χ4v) is 2.55. The second kappa shape index (κ2) is 12.2. The molecule has 1 unspecified atom stereocenters. The Morgan fingerprint density at radius 1 is 1.15 bits per heavy atom. The van der Waals surface area contributed by atoms with Gasteiger partial charge in [0.15, 0.2) is 8.32 Å². The van der Waals surface area contributed by atoms with Crippen LogP contribution in [0.2, 0.25) is 19.6 Å². The molecule has 0 aromatic carbocycles. The molecule has 0 N–H and O–H groups in total. The fraction of sp³-hybridized carbons (Fsp3) is 0.667. The molecule has 0 saturated carbocycles. The van der Waals surface area contributed by atoms with Gasteiger partial charge in [0.1, 0.15) is 0 Å². The topological polar surface area (TPSA) is 31.5 Å². The van der Waals surface area contributed by atoms with Gasteiger partial charge in [-0.1, -0.05) is 30.2 Å². The van der Waals surface area contributed by atoms with E-state index in [4.69, 9.17) is 4.43 Å². The first-order valence-electron chi connectivity index (χ1n) is 6.62. The summed E-state index contributed by atoms with van der Waals surface area (Å²) in [5, 5.41) is 9.70. The number of halogens is 1. The van der Waals surface area contributed by atoms with Crippen LogP contribution in [0.25, 0.3) is 5.41 Å². The van der Waals surface area contributed by atoms with Crippen LogP contribution in [0.3, 0.4) is 0 Å². The van der Waals surface area contributed by atoms with Crippen LogP contribution in [0.4, 0.5) is 0 Å². The quantitative estimate of drug-likeness (QED) is 0.380. The maximum absolute atomic E-state index is 9.70. The average Bonchev–Trinajstić information content (AvgIpc) is 2.13. The minimum absolute atomic E-state index is 0. The Hall–Kier alpha value is 0.573. The van der Waals surface area contributed by atoms with E-state index in [0.29, 0.717) is 5.71 Å². The molecule has 0 amide bonds. The summed E-state index contributed by atoms with van der Waals surface area (Å²) in [6.07, 6.45) is 6.11. The third kappa shape index (κ3) is 15.0. The summed E-state index contributed by atoms with van der Waals surface area (Å²) in [5.74, 6) is 0. The number of nitrogens with zero attached hydrogens (tertiary/aromatic N) is 1. The van der Waals surface area contributed by atoms with E-state index in [2.05, 4.69) is 46.5 Å². The summed E-state index contributed by atoms with van der Waals surface area (Å²) in [5.41, 5.74) is 2.96. The largest absolute Gasteiger partial charge is 2.00 e. The molecule has 0 aliphatic carbocycles. The van der Waals surface area contributed by atoms with Crippen molar-refractivity contribution in [3.8, 4) is 0 Å². The SMILES string of the molecule is CC(=[N-])C(/C=C(\C)CCC=C(C)C)O[Si](C)(C)C.[Br-].[Mg+2]. The van der Waals surface area contributed by atoms with Crippen LogP contribution in [0, 0.1) is 0 Å². The van der Waals surface area contributed by atoms with Gasteiger partial charge in [0.05, 0.1) is 6.10 Å². The average molecular weight is 371 g/mol. The Morgan fingerprint density at radius 2 is 1.65 bits per heavy atom. The number of allylic oxidation sites excluding steroid dienone is 3. The van der Waals surface area contributed by atoms with Crippen molar-refractivity contribution >= 4 is 37.1 Å². The molecule has 0 fully saturated rings. The van der Waals surface area contributed by atoms with Crippen molar-refractivity contribution in [2.75, 3.05) is 0 Å². The van der Waals surface area contributed by atoms with Crippen LogP contribution in [0.15, 0.2) is 23.3 Å². The molecule has 0 aromatic rings. The molecular weight excluding hydrogens is 342 g/mol. The Bertz CT molecular complexity index is 344. The van der Waals surface area contributed by atoms with Crippen molar-refractivity contribution in [2.45, 2.75) is 66.3 Å². The molecule has 2 nitrogen and oxygen atoms in total. The molecule has 0 radical (unpaired) electrons. The standard InChI is InChI=1S/C15H28NOSi.BrH.Mg/c1-12(2)9-8-10-13(3)11-15(14(4)16)17-18(5,6)7;;/h9,11,15H,8,10H2,1-7H3;1H;/q-1;;+2/p-1/b13-11+;;. The van der Waals surface area contributed by atoms with Crippen molar-refractivity contribution in [2.24, 2.45) is 0 Å². The smallest absolute Gasteiger partial charge is 1.00 e.